The number of pyridine rings is 1. The maximum Gasteiger partial charge on any atom is 0.110 e. The summed E-state index contributed by atoms with van der Waals surface area (Å²) >= 11 is 1.70. The first-order chi connectivity index (χ1) is 12.8. The molecule has 0 spiro atoms. The molecule has 3 saturated heterocycles. The molecule has 5 nitrogen and oxygen atoms in total. The number of nitrogens with zero attached hydrogens (tertiary/aromatic N) is 5. The van der Waals surface area contributed by atoms with Gasteiger partial charge < -0.3 is 4.40 Å². The van der Waals surface area contributed by atoms with E-state index >= 15 is 0 Å². The highest BCUT2D eigenvalue weighted by atomic mass is 32.1. The Morgan fingerprint density at radius 3 is 3.00 bits per heavy atom. The van der Waals surface area contributed by atoms with E-state index in [9.17, 15) is 0 Å². The van der Waals surface area contributed by atoms with E-state index in [1.54, 1.807) is 11.3 Å². The molecule has 3 aromatic rings. The van der Waals surface area contributed by atoms with Crippen LogP contribution in [-0.2, 0) is 13.1 Å². The summed E-state index contributed by atoms with van der Waals surface area (Å²) in [5.41, 5.74) is 5.64. The van der Waals surface area contributed by atoms with Gasteiger partial charge in [0, 0.05) is 50.3 Å². The Balaban J connectivity index is 1.35. The molecule has 6 rings (SSSR count). The number of piperidine rings is 1. The van der Waals surface area contributed by atoms with Crippen LogP contribution in [0.1, 0.15) is 30.1 Å². The predicted molar refractivity (Wildman–Crippen MR) is 104 cm³/mol. The minimum absolute atomic E-state index is 0.633. The molecule has 3 aliphatic rings. The molecule has 0 saturated carbocycles. The number of aryl methyl sites for hydroxylation is 1. The van der Waals surface area contributed by atoms with Crippen molar-refractivity contribution < 1.29 is 0 Å². The van der Waals surface area contributed by atoms with Gasteiger partial charge in [-0.05, 0) is 37.8 Å². The highest BCUT2D eigenvalue weighted by Crippen LogP contribution is 2.30. The molecular formula is C20H25N5S. The number of fused-ring (bicyclic) bond motifs is 5. The van der Waals surface area contributed by atoms with Crippen molar-refractivity contribution in [1.29, 1.82) is 0 Å². The van der Waals surface area contributed by atoms with Crippen LogP contribution in [0.25, 0.3) is 5.52 Å². The SMILES string of the molecule is Cc1nc(CN2C[C@H]3CC[C@@H]2CN(Cc2cscn2)C3)c2ccccn12. The van der Waals surface area contributed by atoms with E-state index in [-0.39, 0.29) is 0 Å². The second kappa shape index (κ2) is 6.76. The smallest absolute Gasteiger partial charge is 0.110 e. The molecule has 6 heterocycles. The molecule has 0 aliphatic carbocycles. The van der Waals surface area contributed by atoms with E-state index in [1.165, 1.54) is 42.8 Å². The van der Waals surface area contributed by atoms with E-state index in [0.717, 1.165) is 31.4 Å². The highest BCUT2D eigenvalue weighted by molar-refractivity contribution is 7.07. The monoisotopic (exact) mass is 367 g/mol. The van der Waals surface area contributed by atoms with Crippen LogP contribution in [0.2, 0.25) is 0 Å². The van der Waals surface area contributed by atoms with Crippen molar-refractivity contribution in [2.75, 3.05) is 19.6 Å². The van der Waals surface area contributed by atoms with E-state index in [2.05, 4.69) is 55.9 Å². The molecule has 136 valence electrons. The highest BCUT2D eigenvalue weighted by Gasteiger charge is 2.35. The van der Waals surface area contributed by atoms with Crippen LogP contribution in [-0.4, -0.2) is 49.8 Å². The van der Waals surface area contributed by atoms with Crippen LogP contribution >= 0.6 is 11.3 Å². The first-order valence-corrected chi connectivity index (χ1v) is 10.5. The summed E-state index contributed by atoms with van der Waals surface area (Å²) in [4.78, 5) is 14.7. The lowest BCUT2D eigenvalue weighted by atomic mass is 9.95. The Labute approximate surface area is 158 Å². The van der Waals surface area contributed by atoms with Gasteiger partial charge in [0.2, 0.25) is 0 Å². The molecule has 0 N–H and O–H groups in total. The zero-order valence-corrected chi connectivity index (χ0v) is 16.0. The Hall–Kier alpha value is -1.76. The first-order valence-electron chi connectivity index (χ1n) is 9.52. The molecule has 0 amide bonds. The molecular weight excluding hydrogens is 342 g/mol. The van der Waals surface area contributed by atoms with Gasteiger partial charge in [0.1, 0.15) is 5.82 Å². The van der Waals surface area contributed by atoms with Gasteiger partial charge in [0.05, 0.1) is 22.4 Å². The van der Waals surface area contributed by atoms with Crippen LogP contribution in [0.15, 0.2) is 35.3 Å². The number of hydrogen-bond acceptors (Lipinski definition) is 5. The first kappa shape index (κ1) is 16.4. The summed E-state index contributed by atoms with van der Waals surface area (Å²) in [6, 6.07) is 7.02. The summed E-state index contributed by atoms with van der Waals surface area (Å²) in [5.74, 6) is 1.85. The van der Waals surface area contributed by atoms with Crippen molar-refractivity contribution in [1.82, 2.24) is 24.2 Å². The lowest BCUT2D eigenvalue weighted by Crippen LogP contribution is -2.43. The van der Waals surface area contributed by atoms with Crippen molar-refractivity contribution in [3.63, 3.8) is 0 Å². The Kier molecular flexibility index (Phi) is 4.27. The van der Waals surface area contributed by atoms with E-state index in [0.29, 0.717) is 6.04 Å². The van der Waals surface area contributed by atoms with Gasteiger partial charge in [-0.3, -0.25) is 9.80 Å². The third kappa shape index (κ3) is 3.06. The minimum atomic E-state index is 0.633. The van der Waals surface area contributed by atoms with Crippen LogP contribution in [0.4, 0.5) is 0 Å². The van der Waals surface area contributed by atoms with Crippen LogP contribution in [0.5, 0.6) is 0 Å². The summed E-state index contributed by atoms with van der Waals surface area (Å²) in [5, 5.41) is 2.19. The molecule has 3 fully saturated rings. The van der Waals surface area contributed by atoms with Crippen molar-refractivity contribution >= 4 is 16.9 Å². The normalized spacial score (nSPS) is 24.3. The predicted octanol–water partition coefficient (Wildman–Crippen LogP) is 3.20. The molecule has 0 aromatic carbocycles. The Morgan fingerprint density at radius 2 is 2.12 bits per heavy atom. The lowest BCUT2D eigenvalue weighted by Gasteiger charge is -2.35. The number of aromatic nitrogens is 3. The molecule has 26 heavy (non-hydrogen) atoms. The minimum Gasteiger partial charge on any atom is -0.304 e. The van der Waals surface area contributed by atoms with Crippen LogP contribution in [0.3, 0.4) is 0 Å². The van der Waals surface area contributed by atoms with E-state index < -0.39 is 0 Å². The average molecular weight is 368 g/mol. The summed E-state index contributed by atoms with van der Waals surface area (Å²) in [6.45, 7) is 7.61. The lowest BCUT2D eigenvalue weighted by molar-refractivity contribution is 0.122. The maximum atomic E-state index is 4.88. The second-order valence-corrected chi connectivity index (χ2v) is 8.48. The molecule has 0 unspecified atom stereocenters. The zero-order valence-electron chi connectivity index (χ0n) is 15.2. The molecule has 3 aromatic heterocycles. The summed E-state index contributed by atoms with van der Waals surface area (Å²) < 4.78 is 2.21. The van der Waals surface area contributed by atoms with Crippen LogP contribution in [0, 0.1) is 12.8 Å². The van der Waals surface area contributed by atoms with Crippen LogP contribution < -0.4 is 0 Å². The average Bonchev–Trinajstić information content (AvgIpc) is 3.16. The number of thiazole rings is 1. The van der Waals surface area contributed by atoms with Gasteiger partial charge in [0.15, 0.2) is 0 Å². The second-order valence-electron chi connectivity index (χ2n) is 7.76. The van der Waals surface area contributed by atoms with Gasteiger partial charge in [-0.2, -0.15) is 0 Å². The molecule has 6 heteroatoms. The van der Waals surface area contributed by atoms with Crippen molar-refractivity contribution in [3.8, 4) is 0 Å². The standard InChI is InChI=1S/C20H25N5S/c1-15-22-19(20-4-2-3-7-25(15)20)12-24-9-16-5-6-18(24)11-23(8-16)10-17-13-26-14-21-17/h2-4,7,13-14,16,18H,5-6,8-12H2,1H3/t16-,18+/m0/s1. The molecule has 2 atom stereocenters. The van der Waals surface area contributed by atoms with Crippen molar-refractivity contribution in [2.45, 2.75) is 38.9 Å². The van der Waals surface area contributed by atoms with Gasteiger partial charge in [-0.1, -0.05) is 6.07 Å². The molecule has 0 radical (unpaired) electrons. The van der Waals surface area contributed by atoms with E-state index in [4.69, 9.17) is 4.98 Å². The van der Waals surface area contributed by atoms with Gasteiger partial charge >= 0.3 is 0 Å². The Morgan fingerprint density at radius 1 is 1.15 bits per heavy atom. The maximum absolute atomic E-state index is 4.88. The largest absolute Gasteiger partial charge is 0.304 e. The topological polar surface area (TPSA) is 36.7 Å². The third-order valence-electron chi connectivity index (χ3n) is 5.93. The zero-order chi connectivity index (χ0) is 17.5. The number of imidazole rings is 1. The van der Waals surface area contributed by atoms with Gasteiger partial charge in [-0.15, -0.1) is 11.3 Å². The van der Waals surface area contributed by atoms with Gasteiger partial charge in [0.25, 0.3) is 0 Å². The summed E-state index contributed by atoms with van der Waals surface area (Å²) in [6.07, 6.45) is 4.78. The van der Waals surface area contributed by atoms with Gasteiger partial charge in [-0.25, -0.2) is 9.97 Å². The summed E-state index contributed by atoms with van der Waals surface area (Å²) in [7, 11) is 0. The third-order valence-corrected chi connectivity index (χ3v) is 6.56. The fourth-order valence-corrected chi connectivity index (χ4v) is 5.27. The van der Waals surface area contributed by atoms with Crippen molar-refractivity contribution in [3.05, 3.63) is 52.5 Å². The Bertz CT molecular complexity index is 887. The molecule has 3 aliphatic heterocycles. The molecule has 2 bridgehead atoms. The number of hydrogen-bond donors (Lipinski definition) is 0. The van der Waals surface area contributed by atoms with Crippen molar-refractivity contribution in [2.24, 2.45) is 5.92 Å². The van der Waals surface area contributed by atoms with E-state index in [1.807, 2.05) is 5.51 Å². The fraction of sp³-hybridized carbons (Fsp3) is 0.500. The fourth-order valence-electron chi connectivity index (χ4n) is 4.72. The quantitative estimate of drug-likeness (QED) is 0.710. The number of rotatable bonds is 4.